The van der Waals surface area contributed by atoms with Gasteiger partial charge in [0.25, 0.3) is 5.91 Å². The third-order valence-electron chi connectivity index (χ3n) is 7.40. The first-order chi connectivity index (χ1) is 18.4. The number of nitrogens with zero attached hydrogens (tertiary/aromatic N) is 1. The normalized spacial score (nSPS) is 18.0. The zero-order valence-electron chi connectivity index (χ0n) is 21.7. The van der Waals surface area contributed by atoms with E-state index < -0.39 is 10.0 Å². The molecule has 4 aromatic rings. The Morgan fingerprint density at radius 2 is 1.61 bits per heavy atom. The van der Waals surface area contributed by atoms with Crippen molar-refractivity contribution in [1.29, 1.82) is 0 Å². The number of hydrogen-bond acceptors (Lipinski definition) is 4. The van der Waals surface area contributed by atoms with Gasteiger partial charge in [-0.2, -0.15) is 4.31 Å². The number of carbonyl (C=O) groups is 1. The Morgan fingerprint density at radius 1 is 0.921 bits per heavy atom. The summed E-state index contributed by atoms with van der Waals surface area (Å²) in [4.78, 5) is 13.3. The van der Waals surface area contributed by atoms with Crippen molar-refractivity contribution in [2.45, 2.75) is 37.8 Å². The summed E-state index contributed by atoms with van der Waals surface area (Å²) in [6.45, 7) is 5.85. The molecule has 1 aliphatic rings. The molecular formula is C31H33N3O3S. The molecule has 1 saturated heterocycles. The Morgan fingerprint density at radius 3 is 2.34 bits per heavy atom. The molecule has 0 bridgehead atoms. The highest BCUT2D eigenvalue weighted by Crippen LogP contribution is 2.34. The summed E-state index contributed by atoms with van der Waals surface area (Å²) in [5, 5.41) is 7.67. The van der Waals surface area contributed by atoms with Gasteiger partial charge in [0.1, 0.15) is 0 Å². The second-order valence-corrected chi connectivity index (χ2v) is 11.9. The summed E-state index contributed by atoms with van der Waals surface area (Å²) >= 11 is 0. The number of amides is 1. The van der Waals surface area contributed by atoms with Crippen LogP contribution in [0.1, 0.15) is 34.8 Å². The van der Waals surface area contributed by atoms with Gasteiger partial charge in [0, 0.05) is 34.6 Å². The molecular weight excluding hydrogens is 494 g/mol. The minimum absolute atomic E-state index is 0.124. The summed E-state index contributed by atoms with van der Waals surface area (Å²) in [6, 6.07) is 27.7. The molecule has 1 fully saturated rings. The molecule has 0 unspecified atom stereocenters. The van der Waals surface area contributed by atoms with E-state index in [2.05, 4.69) is 17.6 Å². The first-order valence-corrected chi connectivity index (χ1v) is 14.5. The van der Waals surface area contributed by atoms with E-state index in [1.807, 2.05) is 79.7 Å². The van der Waals surface area contributed by atoms with Gasteiger partial charge in [-0.05, 0) is 61.7 Å². The van der Waals surface area contributed by atoms with E-state index in [0.29, 0.717) is 28.6 Å². The molecule has 1 heterocycles. The Bertz CT molecular complexity index is 1550. The van der Waals surface area contributed by atoms with E-state index in [0.717, 1.165) is 30.6 Å². The van der Waals surface area contributed by atoms with Crippen LogP contribution >= 0.6 is 0 Å². The molecule has 2 atom stereocenters. The van der Waals surface area contributed by atoms with Crippen LogP contribution in [0.3, 0.4) is 0 Å². The quantitative estimate of drug-likeness (QED) is 0.328. The highest BCUT2D eigenvalue weighted by molar-refractivity contribution is 7.89. The summed E-state index contributed by atoms with van der Waals surface area (Å²) in [5.74, 6) is -0.0562. The highest BCUT2D eigenvalue weighted by Gasteiger charge is 2.37. The predicted molar refractivity (Wildman–Crippen MR) is 153 cm³/mol. The molecule has 38 heavy (non-hydrogen) atoms. The Kier molecular flexibility index (Phi) is 7.61. The number of carbonyl (C=O) groups excluding carboxylic acids is 1. The van der Waals surface area contributed by atoms with Crippen LogP contribution in [-0.2, 0) is 16.6 Å². The number of fused-ring (bicyclic) bond motifs is 1. The molecule has 5 rings (SSSR count). The second kappa shape index (κ2) is 11.1. The molecule has 2 N–H and O–H groups in total. The fraction of sp³-hybridized carbons (Fsp3) is 0.258. The lowest BCUT2D eigenvalue weighted by atomic mass is 9.95. The van der Waals surface area contributed by atoms with Crippen molar-refractivity contribution in [1.82, 2.24) is 9.62 Å². The average Bonchev–Trinajstić information content (AvgIpc) is 2.93. The molecule has 0 aromatic heterocycles. The van der Waals surface area contributed by atoms with Gasteiger partial charge in [-0.25, -0.2) is 8.42 Å². The fourth-order valence-corrected chi connectivity index (χ4v) is 7.26. The minimum atomic E-state index is -3.87. The number of nitrogens with one attached hydrogen (secondary N) is 2. The maximum atomic E-state index is 14.4. The first kappa shape index (κ1) is 26.1. The Balaban J connectivity index is 1.57. The maximum absolute atomic E-state index is 14.4. The van der Waals surface area contributed by atoms with Crippen molar-refractivity contribution < 1.29 is 13.2 Å². The molecule has 1 amide bonds. The lowest BCUT2D eigenvalue weighted by Crippen LogP contribution is -2.50. The highest BCUT2D eigenvalue weighted by atomic mass is 32.2. The molecule has 4 aromatic carbocycles. The number of benzene rings is 4. The van der Waals surface area contributed by atoms with Crippen LogP contribution in [-0.4, -0.2) is 37.8 Å². The van der Waals surface area contributed by atoms with Crippen LogP contribution < -0.4 is 10.6 Å². The van der Waals surface area contributed by atoms with Crippen molar-refractivity contribution in [3.63, 3.8) is 0 Å². The van der Waals surface area contributed by atoms with Gasteiger partial charge in [-0.1, -0.05) is 79.7 Å². The predicted octanol–water partition coefficient (Wildman–Crippen LogP) is 5.59. The van der Waals surface area contributed by atoms with Crippen molar-refractivity contribution in [2.75, 3.05) is 18.4 Å². The van der Waals surface area contributed by atoms with E-state index >= 15 is 0 Å². The lowest BCUT2D eigenvalue weighted by Gasteiger charge is -2.38. The monoisotopic (exact) mass is 527 g/mol. The van der Waals surface area contributed by atoms with E-state index in [1.165, 1.54) is 0 Å². The van der Waals surface area contributed by atoms with Crippen LogP contribution in [0.25, 0.3) is 10.8 Å². The summed E-state index contributed by atoms with van der Waals surface area (Å²) in [5.41, 5.74) is 2.99. The third kappa shape index (κ3) is 5.23. The molecule has 0 saturated carbocycles. The van der Waals surface area contributed by atoms with Crippen LogP contribution in [0.15, 0.2) is 95.9 Å². The molecule has 1 aliphatic heterocycles. The summed E-state index contributed by atoms with van der Waals surface area (Å²) in [7, 11) is -3.87. The van der Waals surface area contributed by atoms with E-state index in [9.17, 15) is 13.2 Å². The van der Waals surface area contributed by atoms with Gasteiger partial charge in [0.05, 0.1) is 4.90 Å². The average molecular weight is 528 g/mol. The SMILES string of the molecule is Cc1ccccc1C(=O)Nc1ccc(S(=O)(=O)N(Cc2ccccc2)[C@@H]2CCNC[C@@H]2C)c2ccccc12. The number of sulfonamides is 1. The molecule has 0 radical (unpaired) electrons. The zero-order valence-corrected chi connectivity index (χ0v) is 22.5. The number of anilines is 1. The van der Waals surface area contributed by atoms with Gasteiger partial charge >= 0.3 is 0 Å². The standard InChI is InChI=1S/C31H33N3O3S/c1-22-10-6-7-13-25(22)31(35)33-28-16-17-30(27-15-9-8-14-26(27)28)38(36,37)34(21-24-11-4-3-5-12-24)29-18-19-32-20-23(29)2/h3-17,23,29,32H,18-21H2,1-2H3,(H,33,35)/t23-,29+/m0/s1. The van der Waals surface area contributed by atoms with Crippen LogP contribution in [0.5, 0.6) is 0 Å². The largest absolute Gasteiger partial charge is 0.321 e. The molecule has 6 nitrogen and oxygen atoms in total. The van der Waals surface area contributed by atoms with Crippen LogP contribution in [0, 0.1) is 12.8 Å². The molecule has 196 valence electrons. The Hall–Kier alpha value is -3.52. The lowest BCUT2D eigenvalue weighted by molar-refractivity contribution is 0.102. The minimum Gasteiger partial charge on any atom is -0.321 e. The second-order valence-electron chi connectivity index (χ2n) is 10.00. The van der Waals surface area contributed by atoms with E-state index in [4.69, 9.17) is 0 Å². The van der Waals surface area contributed by atoms with Gasteiger partial charge in [-0.15, -0.1) is 0 Å². The molecule has 7 heteroatoms. The van der Waals surface area contributed by atoms with Crippen molar-refractivity contribution >= 4 is 32.4 Å². The van der Waals surface area contributed by atoms with Gasteiger partial charge in [-0.3, -0.25) is 4.79 Å². The fourth-order valence-electron chi connectivity index (χ4n) is 5.32. The number of hydrogen-bond donors (Lipinski definition) is 2. The van der Waals surface area contributed by atoms with Crippen LogP contribution in [0.4, 0.5) is 5.69 Å². The molecule has 0 aliphatic carbocycles. The van der Waals surface area contributed by atoms with E-state index in [1.54, 1.807) is 22.5 Å². The van der Waals surface area contributed by atoms with E-state index in [-0.39, 0.29) is 22.8 Å². The smallest absolute Gasteiger partial charge is 0.255 e. The van der Waals surface area contributed by atoms with Gasteiger partial charge in [0.15, 0.2) is 0 Å². The van der Waals surface area contributed by atoms with Gasteiger partial charge < -0.3 is 10.6 Å². The third-order valence-corrected chi connectivity index (χ3v) is 9.33. The van der Waals surface area contributed by atoms with Crippen LogP contribution in [0.2, 0.25) is 0 Å². The van der Waals surface area contributed by atoms with Crippen molar-refractivity contribution in [3.05, 3.63) is 108 Å². The topological polar surface area (TPSA) is 78.5 Å². The van der Waals surface area contributed by atoms with Crippen molar-refractivity contribution in [3.8, 4) is 0 Å². The summed E-state index contributed by atoms with van der Waals surface area (Å²) < 4.78 is 30.5. The number of aryl methyl sites for hydroxylation is 1. The maximum Gasteiger partial charge on any atom is 0.255 e. The summed E-state index contributed by atoms with van der Waals surface area (Å²) in [6.07, 6.45) is 0.746. The van der Waals surface area contributed by atoms with Crippen molar-refractivity contribution in [2.24, 2.45) is 5.92 Å². The number of piperidine rings is 1. The Labute approximate surface area is 224 Å². The zero-order chi connectivity index (χ0) is 26.7. The number of rotatable bonds is 7. The molecule has 0 spiro atoms. The first-order valence-electron chi connectivity index (χ1n) is 13.0. The van der Waals surface area contributed by atoms with Gasteiger partial charge in [0.2, 0.25) is 10.0 Å².